The lowest BCUT2D eigenvalue weighted by Crippen LogP contribution is -2.43. The Hall–Kier alpha value is -2.46. The fourth-order valence-electron chi connectivity index (χ4n) is 2.70. The molecule has 0 bridgehead atoms. The highest BCUT2D eigenvalue weighted by Crippen LogP contribution is 2.17. The van der Waals surface area contributed by atoms with Gasteiger partial charge in [-0.25, -0.2) is 18.4 Å². The molecule has 0 aromatic heterocycles. The number of carbonyl (C=O) groups excluding carboxylic acids is 1. The minimum absolute atomic E-state index is 0.00794. The number of aliphatic carboxylic acids is 1. The van der Waals surface area contributed by atoms with Crippen LogP contribution in [0.1, 0.15) is 32.8 Å². The fraction of sp³-hybridized carbons (Fsp3) is 0.636. The maximum atomic E-state index is 13.2. The summed E-state index contributed by atoms with van der Waals surface area (Å²) in [5.41, 5.74) is 0.795. The second-order valence-electron chi connectivity index (χ2n) is 7.06. The highest BCUT2D eigenvalue weighted by atomic mass is 19.3. The molecule has 0 fully saturated rings. The van der Waals surface area contributed by atoms with E-state index < -0.39 is 24.6 Å². The van der Waals surface area contributed by atoms with Crippen molar-refractivity contribution in [1.29, 1.82) is 0 Å². The largest absolute Gasteiger partial charge is 0.492 e. The average molecular weight is 461 g/mol. The van der Waals surface area contributed by atoms with Crippen LogP contribution in [0.2, 0.25) is 0 Å². The summed E-state index contributed by atoms with van der Waals surface area (Å²) in [7, 11) is 0. The summed E-state index contributed by atoms with van der Waals surface area (Å²) in [5.74, 6) is -3.33. The molecule has 0 saturated heterocycles. The molecule has 1 aromatic carbocycles. The third-order valence-corrected chi connectivity index (χ3v) is 4.57. The van der Waals surface area contributed by atoms with Crippen molar-refractivity contribution in [3.05, 3.63) is 29.8 Å². The standard InChI is InChI=1S/C22H34F2N2O6/c1-4-22(23,24)16-30-13-11-26(21(29)25-5-2)12-14-32-18-9-7-17(8-10-18)15-19(20(27)28)31-6-3/h7-10,19H,4-6,11-16H2,1-3H3,(H,25,29)(H,27,28). The molecule has 182 valence electrons. The topological polar surface area (TPSA) is 97.3 Å². The van der Waals surface area contributed by atoms with E-state index >= 15 is 0 Å². The van der Waals surface area contributed by atoms with Gasteiger partial charge in [0.25, 0.3) is 5.92 Å². The van der Waals surface area contributed by atoms with Crippen LogP contribution in [0.3, 0.4) is 0 Å². The number of benzene rings is 1. The molecule has 1 atom stereocenters. The number of hydrogen-bond acceptors (Lipinski definition) is 5. The zero-order valence-corrected chi connectivity index (χ0v) is 18.9. The first-order valence-corrected chi connectivity index (χ1v) is 10.8. The Kier molecular flexibility index (Phi) is 12.6. The molecule has 32 heavy (non-hydrogen) atoms. The molecular formula is C22H34F2N2O6. The van der Waals surface area contributed by atoms with E-state index in [4.69, 9.17) is 19.3 Å². The van der Waals surface area contributed by atoms with E-state index in [-0.39, 0.29) is 45.2 Å². The van der Waals surface area contributed by atoms with Crippen LogP contribution in [0.5, 0.6) is 5.75 Å². The van der Waals surface area contributed by atoms with Gasteiger partial charge in [-0.2, -0.15) is 0 Å². The SMILES string of the molecule is CCNC(=O)N(CCOCC(F)(F)CC)CCOc1ccc(CC(OCC)C(=O)O)cc1. The molecule has 10 heteroatoms. The Morgan fingerprint density at radius 1 is 1.12 bits per heavy atom. The summed E-state index contributed by atoms with van der Waals surface area (Å²) < 4.78 is 42.4. The first-order chi connectivity index (χ1) is 15.2. The highest BCUT2D eigenvalue weighted by Gasteiger charge is 2.26. The molecule has 0 spiro atoms. The molecule has 1 unspecified atom stereocenters. The molecule has 0 aliphatic carbocycles. The maximum absolute atomic E-state index is 13.2. The van der Waals surface area contributed by atoms with E-state index in [1.54, 1.807) is 38.1 Å². The van der Waals surface area contributed by atoms with Crippen LogP contribution < -0.4 is 10.1 Å². The number of urea groups is 1. The lowest BCUT2D eigenvalue weighted by Gasteiger charge is -2.23. The second kappa shape index (κ2) is 14.6. The molecule has 0 radical (unpaired) electrons. The third kappa shape index (κ3) is 10.7. The summed E-state index contributed by atoms with van der Waals surface area (Å²) in [6.07, 6.45) is -0.967. The van der Waals surface area contributed by atoms with E-state index in [1.807, 2.05) is 0 Å². The van der Waals surface area contributed by atoms with Crippen LogP contribution in [0.25, 0.3) is 0 Å². The van der Waals surface area contributed by atoms with Crippen molar-refractivity contribution in [1.82, 2.24) is 10.2 Å². The molecular weight excluding hydrogens is 426 g/mol. The molecule has 1 aromatic rings. The number of rotatable bonds is 16. The van der Waals surface area contributed by atoms with Crippen LogP contribution in [-0.4, -0.2) is 80.1 Å². The molecule has 0 aliphatic heterocycles. The zero-order chi connectivity index (χ0) is 24.0. The molecule has 2 amide bonds. The minimum Gasteiger partial charge on any atom is -0.492 e. The van der Waals surface area contributed by atoms with Gasteiger partial charge < -0.3 is 29.5 Å². The van der Waals surface area contributed by atoms with Crippen molar-refractivity contribution < 1.29 is 37.7 Å². The number of ether oxygens (including phenoxy) is 3. The summed E-state index contributed by atoms with van der Waals surface area (Å²) in [4.78, 5) is 24.8. The number of carboxylic acids is 1. The van der Waals surface area contributed by atoms with Crippen LogP contribution in [0, 0.1) is 0 Å². The monoisotopic (exact) mass is 460 g/mol. The molecule has 0 aliphatic rings. The Bertz CT molecular complexity index is 688. The van der Waals surface area contributed by atoms with Gasteiger partial charge in [0.1, 0.15) is 19.0 Å². The van der Waals surface area contributed by atoms with E-state index in [0.717, 1.165) is 5.56 Å². The Morgan fingerprint density at radius 3 is 2.34 bits per heavy atom. The summed E-state index contributed by atoms with van der Waals surface area (Å²) in [6, 6.07) is 6.62. The van der Waals surface area contributed by atoms with Gasteiger partial charge >= 0.3 is 12.0 Å². The Balaban J connectivity index is 2.52. The van der Waals surface area contributed by atoms with Gasteiger partial charge in [-0.3, -0.25) is 0 Å². The smallest absolute Gasteiger partial charge is 0.333 e. The summed E-state index contributed by atoms with van der Waals surface area (Å²) in [5, 5.41) is 11.8. The van der Waals surface area contributed by atoms with Crippen LogP contribution in [0.15, 0.2) is 24.3 Å². The number of nitrogens with zero attached hydrogens (tertiary/aromatic N) is 1. The molecule has 8 nitrogen and oxygen atoms in total. The van der Waals surface area contributed by atoms with Crippen molar-refractivity contribution in [2.45, 2.75) is 45.6 Å². The van der Waals surface area contributed by atoms with Gasteiger partial charge in [-0.05, 0) is 31.5 Å². The maximum Gasteiger partial charge on any atom is 0.333 e. The van der Waals surface area contributed by atoms with E-state index in [0.29, 0.717) is 18.9 Å². The number of carboxylic acid groups (broad SMARTS) is 1. The van der Waals surface area contributed by atoms with Crippen LogP contribution >= 0.6 is 0 Å². The molecule has 0 saturated carbocycles. The summed E-state index contributed by atoms with van der Waals surface area (Å²) in [6.45, 7) is 5.56. The minimum atomic E-state index is -2.88. The lowest BCUT2D eigenvalue weighted by molar-refractivity contribution is -0.149. The number of halogens is 2. The normalized spacial score (nSPS) is 12.3. The Morgan fingerprint density at radius 2 is 1.78 bits per heavy atom. The van der Waals surface area contributed by atoms with E-state index in [2.05, 4.69) is 5.32 Å². The third-order valence-electron chi connectivity index (χ3n) is 4.57. The average Bonchev–Trinajstić information content (AvgIpc) is 2.76. The van der Waals surface area contributed by atoms with Crippen molar-refractivity contribution in [3.63, 3.8) is 0 Å². The molecule has 0 heterocycles. The van der Waals surface area contributed by atoms with E-state index in [9.17, 15) is 18.4 Å². The first-order valence-electron chi connectivity index (χ1n) is 10.8. The number of carbonyl (C=O) groups is 2. The zero-order valence-electron chi connectivity index (χ0n) is 18.9. The predicted octanol–water partition coefficient (Wildman–Crippen LogP) is 3.19. The predicted molar refractivity (Wildman–Crippen MR) is 115 cm³/mol. The van der Waals surface area contributed by atoms with Gasteiger partial charge in [0, 0.05) is 32.5 Å². The van der Waals surface area contributed by atoms with Crippen molar-refractivity contribution in [2.24, 2.45) is 0 Å². The number of amides is 2. The van der Waals surface area contributed by atoms with Gasteiger partial charge in [-0.15, -0.1) is 0 Å². The van der Waals surface area contributed by atoms with Gasteiger partial charge in [-0.1, -0.05) is 19.1 Å². The number of nitrogens with one attached hydrogen (secondary N) is 1. The van der Waals surface area contributed by atoms with Gasteiger partial charge in [0.15, 0.2) is 6.10 Å². The van der Waals surface area contributed by atoms with Gasteiger partial charge in [0.05, 0.1) is 13.2 Å². The quantitative estimate of drug-likeness (QED) is 0.368. The molecule has 2 N–H and O–H groups in total. The van der Waals surface area contributed by atoms with Crippen LogP contribution in [0.4, 0.5) is 13.6 Å². The van der Waals surface area contributed by atoms with E-state index in [1.165, 1.54) is 11.8 Å². The number of hydrogen-bond donors (Lipinski definition) is 2. The lowest BCUT2D eigenvalue weighted by atomic mass is 10.1. The second-order valence-corrected chi connectivity index (χ2v) is 7.06. The molecule has 1 rings (SSSR count). The van der Waals surface area contributed by atoms with Crippen LogP contribution in [-0.2, 0) is 20.7 Å². The summed E-state index contributed by atoms with van der Waals surface area (Å²) >= 11 is 0. The fourth-order valence-corrected chi connectivity index (χ4v) is 2.70. The van der Waals surface area contributed by atoms with Crippen molar-refractivity contribution >= 4 is 12.0 Å². The number of alkyl halides is 2. The highest BCUT2D eigenvalue weighted by molar-refractivity contribution is 5.74. The first kappa shape index (κ1) is 27.6. The Labute approximate surface area is 187 Å². The van der Waals surface area contributed by atoms with Gasteiger partial charge in [0.2, 0.25) is 0 Å². The van der Waals surface area contributed by atoms with Crippen molar-refractivity contribution in [3.8, 4) is 5.75 Å². The van der Waals surface area contributed by atoms with Crippen molar-refractivity contribution in [2.75, 3.05) is 46.1 Å².